The van der Waals surface area contributed by atoms with Crippen molar-refractivity contribution in [1.29, 1.82) is 0 Å². The van der Waals surface area contributed by atoms with Gasteiger partial charge >= 0.3 is 0 Å². The number of aliphatic hydroxyl groups excluding tert-OH is 4. The molecule has 0 aromatic heterocycles. The molecule has 0 radical (unpaired) electrons. The highest BCUT2D eigenvalue weighted by atomic mass is 16.8. The lowest BCUT2D eigenvalue weighted by molar-refractivity contribution is -0.392. The number of hydrogen-bond donors (Lipinski definition) is 4. The maximum absolute atomic E-state index is 10.4. The van der Waals surface area contributed by atoms with Gasteiger partial charge in [0.15, 0.2) is 12.1 Å². The van der Waals surface area contributed by atoms with Gasteiger partial charge in [0.05, 0.1) is 19.3 Å². The van der Waals surface area contributed by atoms with Crippen LogP contribution in [0.2, 0.25) is 0 Å². The minimum absolute atomic E-state index is 0.000355. The fourth-order valence-electron chi connectivity index (χ4n) is 3.23. The maximum Gasteiger partial charge on any atom is 0.187 e. The van der Waals surface area contributed by atoms with Crippen LogP contribution in [0.5, 0.6) is 0 Å². The summed E-state index contributed by atoms with van der Waals surface area (Å²) in [6.45, 7) is 5.28. The molecule has 3 aliphatic rings. The van der Waals surface area contributed by atoms with Crippen LogP contribution < -0.4 is 0 Å². The SMILES string of the molecule is CC1OCC(O)[C@H](O)[C@@H]1O[C@@H]1OC2COC(C)(C)O[C@H]2[C@@H](O)C1O. The molecule has 0 bridgehead atoms. The van der Waals surface area contributed by atoms with Crippen molar-refractivity contribution in [2.45, 2.75) is 81.7 Å². The van der Waals surface area contributed by atoms with Crippen LogP contribution in [-0.2, 0) is 23.7 Å². The molecule has 9 nitrogen and oxygen atoms in total. The van der Waals surface area contributed by atoms with Crippen molar-refractivity contribution in [2.75, 3.05) is 13.2 Å². The minimum atomic E-state index is -1.38. The molecular formula is C15H26O9. The highest BCUT2D eigenvalue weighted by Gasteiger charge is 2.52. The van der Waals surface area contributed by atoms with Crippen LogP contribution in [0.25, 0.3) is 0 Å². The Balaban J connectivity index is 1.69. The standard InChI is InChI=1S/C15H26O9/c1-6-12(9(17)7(16)4-20-6)23-14-11(19)10(18)13-8(22-14)5-21-15(2,3)24-13/h6-14,16-19H,4-5H2,1-3H3/t6?,7?,8?,9-,10-,11?,12+,13+,14-/m0/s1. The van der Waals surface area contributed by atoms with Gasteiger partial charge in [-0.05, 0) is 20.8 Å². The monoisotopic (exact) mass is 350 g/mol. The molecule has 0 aromatic carbocycles. The Bertz CT molecular complexity index is 443. The predicted octanol–water partition coefficient (Wildman–Crippen LogP) is -1.89. The molecule has 9 atom stereocenters. The van der Waals surface area contributed by atoms with Gasteiger partial charge in [0.2, 0.25) is 0 Å². The van der Waals surface area contributed by atoms with E-state index in [0.29, 0.717) is 0 Å². The Morgan fingerprint density at radius 2 is 1.71 bits per heavy atom. The van der Waals surface area contributed by atoms with Gasteiger partial charge in [0.25, 0.3) is 0 Å². The zero-order valence-electron chi connectivity index (χ0n) is 13.9. The number of ether oxygens (including phenoxy) is 5. The van der Waals surface area contributed by atoms with Crippen molar-refractivity contribution in [3.05, 3.63) is 0 Å². The van der Waals surface area contributed by atoms with Crippen molar-refractivity contribution < 1.29 is 44.1 Å². The van der Waals surface area contributed by atoms with E-state index in [9.17, 15) is 20.4 Å². The Morgan fingerprint density at radius 1 is 1.00 bits per heavy atom. The van der Waals surface area contributed by atoms with E-state index in [4.69, 9.17) is 23.7 Å². The topological polar surface area (TPSA) is 127 Å². The number of rotatable bonds is 2. The van der Waals surface area contributed by atoms with E-state index in [1.165, 1.54) is 0 Å². The molecule has 24 heavy (non-hydrogen) atoms. The lowest BCUT2D eigenvalue weighted by Gasteiger charge is -2.49. The van der Waals surface area contributed by atoms with Crippen molar-refractivity contribution in [1.82, 2.24) is 0 Å². The molecule has 4 unspecified atom stereocenters. The van der Waals surface area contributed by atoms with Gasteiger partial charge in [0.1, 0.15) is 42.7 Å². The lowest BCUT2D eigenvalue weighted by atomic mass is 9.96. The van der Waals surface area contributed by atoms with Crippen molar-refractivity contribution in [3.8, 4) is 0 Å². The van der Waals surface area contributed by atoms with Gasteiger partial charge in [-0.15, -0.1) is 0 Å². The van der Waals surface area contributed by atoms with Crippen LogP contribution in [0.15, 0.2) is 0 Å². The van der Waals surface area contributed by atoms with Gasteiger partial charge < -0.3 is 44.1 Å². The zero-order chi connectivity index (χ0) is 17.6. The number of fused-ring (bicyclic) bond motifs is 1. The molecule has 3 aliphatic heterocycles. The molecule has 3 heterocycles. The average molecular weight is 350 g/mol. The lowest BCUT2D eigenvalue weighted by Crippen LogP contribution is -2.66. The quantitative estimate of drug-likeness (QED) is 0.452. The summed E-state index contributed by atoms with van der Waals surface area (Å²) in [5, 5.41) is 40.5. The van der Waals surface area contributed by atoms with E-state index in [-0.39, 0.29) is 13.2 Å². The van der Waals surface area contributed by atoms with Crippen LogP contribution in [0, 0.1) is 0 Å². The first-order valence-corrected chi connectivity index (χ1v) is 8.16. The van der Waals surface area contributed by atoms with Gasteiger partial charge in [-0.25, -0.2) is 0 Å². The third-order valence-corrected chi connectivity index (χ3v) is 4.67. The zero-order valence-corrected chi connectivity index (χ0v) is 13.9. The predicted molar refractivity (Wildman–Crippen MR) is 77.9 cm³/mol. The van der Waals surface area contributed by atoms with E-state index in [2.05, 4.69) is 0 Å². The Morgan fingerprint density at radius 3 is 2.42 bits per heavy atom. The van der Waals surface area contributed by atoms with E-state index >= 15 is 0 Å². The van der Waals surface area contributed by atoms with Crippen molar-refractivity contribution >= 4 is 0 Å². The Kier molecular flexibility index (Phi) is 5.18. The number of hydrogen-bond acceptors (Lipinski definition) is 9. The second kappa shape index (κ2) is 6.75. The van der Waals surface area contributed by atoms with Gasteiger partial charge in [-0.3, -0.25) is 0 Å². The molecule has 0 saturated carbocycles. The first-order chi connectivity index (χ1) is 11.2. The molecule has 140 valence electrons. The van der Waals surface area contributed by atoms with Gasteiger partial charge in [-0.1, -0.05) is 0 Å². The summed E-state index contributed by atoms with van der Waals surface area (Å²) < 4.78 is 27.8. The molecule has 9 heteroatoms. The molecule has 0 spiro atoms. The molecule has 3 saturated heterocycles. The highest BCUT2D eigenvalue weighted by molar-refractivity contribution is 4.95. The molecule has 3 rings (SSSR count). The Labute approximate surface area is 140 Å². The molecule has 0 amide bonds. The third-order valence-electron chi connectivity index (χ3n) is 4.67. The summed E-state index contributed by atoms with van der Waals surface area (Å²) in [5.41, 5.74) is 0. The molecule has 0 aliphatic carbocycles. The third kappa shape index (κ3) is 3.46. The van der Waals surface area contributed by atoms with Gasteiger partial charge in [0, 0.05) is 0 Å². The largest absolute Gasteiger partial charge is 0.388 e. The molecule has 4 N–H and O–H groups in total. The average Bonchev–Trinajstić information content (AvgIpc) is 2.52. The van der Waals surface area contributed by atoms with E-state index in [1.807, 2.05) is 0 Å². The minimum Gasteiger partial charge on any atom is -0.388 e. The first kappa shape index (κ1) is 18.4. The van der Waals surface area contributed by atoms with Crippen LogP contribution in [0.3, 0.4) is 0 Å². The van der Waals surface area contributed by atoms with Crippen LogP contribution in [0.4, 0.5) is 0 Å². The van der Waals surface area contributed by atoms with E-state index in [1.54, 1.807) is 20.8 Å². The maximum atomic E-state index is 10.4. The van der Waals surface area contributed by atoms with E-state index in [0.717, 1.165) is 0 Å². The smallest absolute Gasteiger partial charge is 0.187 e. The number of aliphatic hydroxyl groups is 4. The summed E-state index contributed by atoms with van der Waals surface area (Å²) in [4.78, 5) is 0. The summed E-state index contributed by atoms with van der Waals surface area (Å²) in [5.74, 6) is -0.884. The second-order valence-corrected chi connectivity index (χ2v) is 7.01. The molecule has 3 fully saturated rings. The first-order valence-electron chi connectivity index (χ1n) is 8.16. The van der Waals surface area contributed by atoms with Crippen LogP contribution >= 0.6 is 0 Å². The normalized spacial score (nSPS) is 51.9. The van der Waals surface area contributed by atoms with E-state index < -0.39 is 60.9 Å². The fraction of sp³-hybridized carbons (Fsp3) is 1.00. The van der Waals surface area contributed by atoms with Gasteiger partial charge in [-0.2, -0.15) is 0 Å². The summed E-state index contributed by atoms with van der Waals surface area (Å²) in [7, 11) is 0. The molecular weight excluding hydrogens is 324 g/mol. The van der Waals surface area contributed by atoms with Crippen molar-refractivity contribution in [3.63, 3.8) is 0 Å². The summed E-state index contributed by atoms with van der Waals surface area (Å²) in [6.07, 6.45) is -8.87. The summed E-state index contributed by atoms with van der Waals surface area (Å²) in [6, 6.07) is 0. The van der Waals surface area contributed by atoms with Crippen LogP contribution in [0.1, 0.15) is 20.8 Å². The Hall–Kier alpha value is -0.360. The second-order valence-electron chi connectivity index (χ2n) is 7.01. The van der Waals surface area contributed by atoms with Crippen LogP contribution in [-0.4, -0.2) is 94.5 Å². The highest BCUT2D eigenvalue weighted by Crippen LogP contribution is 2.34. The summed E-state index contributed by atoms with van der Waals surface area (Å²) >= 11 is 0. The van der Waals surface area contributed by atoms with Crippen molar-refractivity contribution in [2.24, 2.45) is 0 Å². The fourth-order valence-corrected chi connectivity index (χ4v) is 3.23. The molecule has 0 aromatic rings.